The number of rotatable bonds is 4. The second-order valence-electron chi connectivity index (χ2n) is 4.75. The molecule has 2 atom stereocenters. The van der Waals surface area contributed by atoms with E-state index in [1.54, 1.807) is 23.8 Å². The zero-order valence-electron chi connectivity index (χ0n) is 10.8. The van der Waals surface area contributed by atoms with Crippen molar-refractivity contribution >= 4 is 11.8 Å². The summed E-state index contributed by atoms with van der Waals surface area (Å²) in [6, 6.07) is 0. The molecule has 98 valence electrons. The Morgan fingerprint density at radius 3 is 2.71 bits per heavy atom. The highest BCUT2D eigenvalue weighted by Crippen LogP contribution is 2.19. The predicted octanol–water partition coefficient (Wildman–Crippen LogP) is 0.0841. The number of carbonyl (C=O) groups excluding carboxylic acids is 2. The van der Waals surface area contributed by atoms with E-state index >= 15 is 0 Å². The van der Waals surface area contributed by atoms with Crippen molar-refractivity contribution in [2.24, 2.45) is 5.92 Å². The highest BCUT2D eigenvalue weighted by molar-refractivity contribution is 5.82. The Bertz CT molecular complexity index is 291. The smallest absolute Gasteiger partial charge is 0.227 e. The van der Waals surface area contributed by atoms with Gasteiger partial charge in [0.15, 0.2) is 0 Å². The minimum Gasteiger partial charge on any atom is -0.392 e. The third kappa shape index (κ3) is 3.70. The van der Waals surface area contributed by atoms with E-state index in [9.17, 15) is 14.7 Å². The van der Waals surface area contributed by atoms with Gasteiger partial charge in [-0.25, -0.2) is 0 Å². The number of aliphatic hydroxyl groups is 1. The van der Waals surface area contributed by atoms with Crippen LogP contribution in [0.15, 0.2) is 0 Å². The predicted molar refractivity (Wildman–Crippen MR) is 64.3 cm³/mol. The summed E-state index contributed by atoms with van der Waals surface area (Å²) in [5, 5.41) is 9.23. The minimum absolute atomic E-state index is 0.0253. The van der Waals surface area contributed by atoms with E-state index in [1.807, 2.05) is 6.92 Å². The number of hydrogen-bond donors (Lipinski definition) is 1. The number of likely N-dealkylation sites (N-methyl/N-ethyl adjacent to an activating group) is 1. The molecule has 1 N–H and O–H groups in total. The molecule has 1 heterocycles. The summed E-state index contributed by atoms with van der Waals surface area (Å²) in [6.07, 6.45) is 0.706. The number of nitrogens with zero attached hydrogens (tertiary/aromatic N) is 2. The topological polar surface area (TPSA) is 60.9 Å². The fourth-order valence-corrected chi connectivity index (χ4v) is 2.21. The lowest BCUT2D eigenvalue weighted by molar-refractivity contribution is -0.135. The maximum Gasteiger partial charge on any atom is 0.227 e. The van der Waals surface area contributed by atoms with Crippen LogP contribution in [0, 0.1) is 5.92 Å². The van der Waals surface area contributed by atoms with Crippen LogP contribution in [0.25, 0.3) is 0 Å². The van der Waals surface area contributed by atoms with Crippen LogP contribution >= 0.6 is 0 Å². The quantitative estimate of drug-likeness (QED) is 0.759. The molecule has 1 aliphatic rings. The van der Waals surface area contributed by atoms with Gasteiger partial charge in [-0.1, -0.05) is 6.92 Å². The molecular weight excluding hydrogens is 220 g/mol. The highest BCUT2D eigenvalue weighted by atomic mass is 16.3. The number of aliphatic hydroxyl groups excluding tert-OH is 1. The van der Waals surface area contributed by atoms with Crippen LogP contribution in [0.3, 0.4) is 0 Å². The first-order chi connectivity index (χ1) is 7.95. The molecule has 0 aliphatic carbocycles. The summed E-state index contributed by atoms with van der Waals surface area (Å²) >= 11 is 0. The summed E-state index contributed by atoms with van der Waals surface area (Å²) in [5.74, 6) is 0.0324. The van der Waals surface area contributed by atoms with Crippen molar-refractivity contribution in [3.05, 3.63) is 0 Å². The molecule has 1 fully saturated rings. The maximum absolute atomic E-state index is 12.0. The van der Waals surface area contributed by atoms with Crippen molar-refractivity contribution < 1.29 is 14.7 Å². The van der Waals surface area contributed by atoms with Gasteiger partial charge in [-0.2, -0.15) is 0 Å². The molecule has 0 spiro atoms. The molecule has 0 radical (unpaired) electrons. The Hall–Kier alpha value is -1.10. The molecule has 0 bridgehead atoms. The Morgan fingerprint density at radius 2 is 2.18 bits per heavy atom. The summed E-state index contributed by atoms with van der Waals surface area (Å²) in [5.41, 5.74) is 0. The minimum atomic E-state index is -0.515. The van der Waals surface area contributed by atoms with E-state index in [0.717, 1.165) is 6.42 Å². The lowest BCUT2D eigenvalue weighted by Gasteiger charge is -2.22. The molecule has 0 aromatic carbocycles. The van der Waals surface area contributed by atoms with Gasteiger partial charge in [0, 0.05) is 33.1 Å². The van der Waals surface area contributed by atoms with Gasteiger partial charge >= 0.3 is 0 Å². The number of amides is 2. The third-order valence-corrected chi connectivity index (χ3v) is 3.11. The van der Waals surface area contributed by atoms with Crippen molar-refractivity contribution in [2.75, 3.05) is 26.7 Å². The van der Waals surface area contributed by atoms with E-state index in [-0.39, 0.29) is 17.7 Å². The van der Waals surface area contributed by atoms with Gasteiger partial charge in [-0.3, -0.25) is 9.59 Å². The van der Waals surface area contributed by atoms with Gasteiger partial charge in [-0.15, -0.1) is 0 Å². The Labute approximate surface area is 102 Å². The van der Waals surface area contributed by atoms with Gasteiger partial charge in [-0.05, 0) is 13.3 Å². The average Bonchev–Trinajstić information content (AvgIpc) is 2.75. The fraction of sp³-hybridized carbons (Fsp3) is 0.833. The number of hydrogen-bond acceptors (Lipinski definition) is 3. The van der Waals surface area contributed by atoms with Gasteiger partial charge in [0.05, 0.1) is 12.0 Å². The normalized spacial score (nSPS) is 21.4. The van der Waals surface area contributed by atoms with Crippen molar-refractivity contribution in [2.45, 2.75) is 32.8 Å². The molecule has 5 nitrogen and oxygen atoms in total. The fourth-order valence-electron chi connectivity index (χ4n) is 2.21. The Balaban J connectivity index is 2.47. The SMILES string of the molecule is CCC(=O)N1CCC(C(=O)N(C)CC(C)O)C1. The molecule has 2 amide bonds. The van der Waals surface area contributed by atoms with E-state index in [1.165, 1.54) is 0 Å². The van der Waals surface area contributed by atoms with Crippen LogP contribution < -0.4 is 0 Å². The molecule has 5 heteroatoms. The van der Waals surface area contributed by atoms with Crippen molar-refractivity contribution in [3.63, 3.8) is 0 Å². The summed E-state index contributed by atoms with van der Waals surface area (Å²) in [4.78, 5) is 26.8. The van der Waals surface area contributed by atoms with Crippen molar-refractivity contribution in [1.29, 1.82) is 0 Å². The number of likely N-dealkylation sites (tertiary alicyclic amines) is 1. The standard InChI is InChI=1S/C12H22N2O3/c1-4-11(16)14-6-5-10(8-14)12(17)13(3)7-9(2)15/h9-10,15H,4-8H2,1-3H3. The van der Waals surface area contributed by atoms with Crippen LogP contribution in [0.2, 0.25) is 0 Å². The van der Waals surface area contributed by atoms with Crippen molar-refractivity contribution in [3.8, 4) is 0 Å². The zero-order valence-corrected chi connectivity index (χ0v) is 10.8. The first kappa shape index (κ1) is 14.0. The lowest BCUT2D eigenvalue weighted by atomic mass is 10.1. The van der Waals surface area contributed by atoms with E-state index in [0.29, 0.717) is 26.1 Å². The molecule has 0 aromatic rings. The lowest BCUT2D eigenvalue weighted by Crippen LogP contribution is -2.39. The zero-order chi connectivity index (χ0) is 13.0. The van der Waals surface area contributed by atoms with E-state index in [2.05, 4.69) is 0 Å². The molecule has 17 heavy (non-hydrogen) atoms. The first-order valence-electron chi connectivity index (χ1n) is 6.16. The van der Waals surface area contributed by atoms with E-state index < -0.39 is 6.10 Å². The second kappa shape index (κ2) is 6.00. The molecule has 1 aliphatic heterocycles. The number of carbonyl (C=O) groups is 2. The molecule has 1 rings (SSSR count). The van der Waals surface area contributed by atoms with Crippen LogP contribution in [-0.2, 0) is 9.59 Å². The third-order valence-electron chi connectivity index (χ3n) is 3.11. The molecule has 0 saturated carbocycles. The molecular formula is C12H22N2O3. The monoisotopic (exact) mass is 242 g/mol. The average molecular weight is 242 g/mol. The largest absolute Gasteiger partial charge is 0.392 e. The molecule has 2 unspecified atom stereocenters. The highest BCUT2D eigenvalue weighted by Gasteiger charge is 2.32. The summed E-state index contributed by atoms with van der Waals surface area (Å²) in [6.45, 7) is 5.03. The van der Waals surface area contributed by atoms with Crippen LogP contribution in [0.5, 0.6) is 0 Å². The van der Waals surface area contributed by atoms with Gasteiger partial charge in [0.1, 0.15) is 0 Å². The van der Waals surface area contributed by atoms with Crippen LogP contribution in [0.4, 0.5) is 0 Å². The first-order valence-corrected chi connectivity index (χ1v) is 6.16. The molecule has 1 saturated heterocycles. The Kier molecular flexibility index (Phi) is 4.93. The Morgan fingerprint density at radius 1 is 1.53 bits per heavy atom. The summed E-state index contributed by atoms with van der Waals surface area (Å²) < 4.78 is 0. The van der Waals surface area contributed by atoms with Gasteiger partial charge in [0.2, 0.25) is 11.8 Å². The van der Waals surface area contributed by atoms with Crippen LogP contribution in [-0.4, -0.2) is 59.5 Å². The van der Waals surface area contributed by atoms with Crippen molar-refractivity contribution in [1.82, 2.24) is 9.80 Å². The van der Waals surface area contributed by atoms with E-state index in [4.69, 9.17) is 0 Å². The van der Waals surface area contributed by atoms with Gasteiger partial charge in [0.25, 0.3) is 0 Å². The van der Waals surface area contributed by atoms with Gasteiger partial charge < -0.3 is 14.9 Å². The molecule has 0 aromatic heterocycles. The maximum atomic E-state index is 12.0. The van der Waals surface area contributed by atoms with Crippen LogP contribution in [0.1, 0.15) is 26.7 Å². The summed E-state index contributed by atoms with van der Waals surface area (Å²) in [7, 11) is 1.69. The second-order valence-corrected chi connectivity index (χ2v) is 4.75.